The highest BCUT2D eigenvalue weighted by molar-refractivity contribution is 5.80. The van der Waals surface area contributed by atoms with E-state index in [0.717, 1.165) is 25.9 Å². The molecule has 26 heavy (non-hydrogen) atoms. The third-order valence-electron chi connectivity index (χ3n) is 4.65. The lowest BCUT2D eigenvalue weighted by Crippen LogP contribution is -2.29. The maximum atomic E-state index is 14.7. The number of nitrogens with one attached hydrogen (secondary N) is 1. The molecule has 1 saturated heterocycles. The van der Waals surface area contributed by atoms with Crippen molar-refractivity contribution in [3.8, 4) is 23.3 Å². The van der Waals surface area contributed by atoms with Gasteiger partial charge in [0.05, 0.1) is 0 Å². The lowest BCUT2D eigenvalue weighted by molar-refractivity contribution is 0.218. The Kier molecular flexibility index (Phi) is 5.01. The van der Waals surface area contributed by atoms with E-state index >= 15 is 0 Å². The molecule has 1 aliphatic rings. The first-order chi connectivity index (χ1) is 12.5. The van der Waals surface area contributed by atoms with E-state index in [9.17, 15) is 19.7 Å². The number of nitrogen functional groups attached to an aromatic ring is 1. The van der Waals surface area contributed by atoms with E-state index in [2.05, 4.69) is 9.88 Å². The highest BCUT2D eigenvalue weighted by atomic mass is 19.1. The van der Waals surface area contributed by atoms with Crippen LogP contribution in [0.1, 0.15) is 36.0 Å². The Labute approximate surface area is 150 Å². The molecule has 132 valence electrons. The lowest BCUT2D eigenvalue weighted by Gasteiger charge is -2.26. The quantitative estimate of drug-likeness (QED) is 0.883. The normalized spacial score (nSPS) is 14.6. The van der Waals surface area contributed by atoms with Gasteiger partial charge in [-0.15, -0.1) is 0 Å². The molecule has 1 aromatic heterocycles. The van der Waals surface area contributed by atoms with Gasteiger partial charge in [-0.25, -0.2) is 4.39 Å². The van der Waals surface area contributed by atoms with Crippen LogP contribution in [0.15, 0.2) is 23.0 Å². The van der Waals surface area contributed by atoms with Gasteiger partial charge < -0.3 is 10.7 Å². The minimum atomic E-state index is -0.697. The number of benzene rings is 1. The van der Waals surface area contributed by atoms with Gasteiger partial charge in [-0.05, 0) is 37.6 Å². The number of likely N-dealkylation sites (tertiary alicyclic amines) is 1. The molecule has 7 heteroatoms. The largest absolute Gasteiger partial charge is 0.384 e. The zero-order chi connectivity index (χ0) is 18.7. The fourth-order valence-electron chi connectivity index (χ4n) is 3.32. The van der Waals surface area contributed by atoms with Crippen molar-refractivity contribution in [1.29, 1.82) is 10.5 Å². The summed E-state index contributed by atoms with van der Waals surface area (Å²) in [6.45, 7) is 2.41. The summed E-state index contributed by atoms with van der Waals surface area (Å²) in [4.78, 5) is 16.5. The molecule has 3 N–H and O–H groups in total. The number of nitrogens with two attached hydrogens (primary N) is 1. The maximum Gasteiger partial charge on any atom is 0.268 e. The van der Waals surface area contributed by atoms with Crippen LogP contribution in [0, 0.1) is 28.5 Å². The van der Waals surface area contributed by atoms with Crippen LogP contribution in [0.25, 0.3) is 11.1 Å². The summed E-state index contributed by atoms with van der Waals surface area (Å²) in [5.41, 5.74) is 5.61. The number of pyridine rings is 1. The molecule has 0 spiro atoms. The van der Waals surface area contributed by atoms with Crippen molar-refractivity contribution in [2.75, 3.05) is 18.8 Å². The minimum absolute atomic E-state index is 0.0377. The Bertz CT molecular complexity index is 977. The van der Waals surface area contributed by atoms with Gasteiger partial charge in [0.2, 0.25) is 0 Å². The molecule has 0 bridgehead atoms. The van der Waals surface area contributed by atoms with E-state index in [1.165, 1.54) is 12.5 Å². The third-order valence-corrected chi connectivity index (χ3v) is 4.65. The predicted molar refractivity (Wildman–Crippen MR) is 95.4 cm³/mol. The van der Waals surface area contributed by atoms with Crippen LogP contribution < -0.4 is 11.3 Å². The van der Waals surface area contributed by atoms with Crippen molar-refractivity contribution in [3.63, 3.8) is 0 Å². The summed E-state index contributed by atoms with van der Waals surface area (Å²) in [7, 11) is 0. The van der Waals surface area contributed by atoms with E-state index in [4.69, 9.17) is 5.73 Å². The average Bonchev–Trinajstić information content (AvgIpc) is 2.64. The van der Waals surface area contributed by atoms with Crippen molar-refractivity contribution < 1.29 is 4.39 Å². The first kappa shape index (κ1) is 17.7. The van der Waals surface area contributed by atoms with Gasteiger partial charge in [-0.2, -0.15) is 10.5 Å². The van der Waals surface area contributed by atoms with Crippen LogP contribution in [0.4, 0.5) is 10.2 Å². The standard InChI is InChI=1S/C19H18FN5O/c20-16-8-12(4-5-13(16)11-25-6-2-1-3-7-25)17-14(9-21)18(23)24-19(26)15(17)10-22/h4-5,8H,1-3,6-7,11H2,(H3,23,24,26). The molecule has 0 radical (unpaired) electrons. The topological polar surface area (TPSA) is 110 Å². The SMILES string of the molecule is N#Cc1c(N)[nH]c(=O)c(C#N)c1-c1ccc(CN2CCCCC2)c(F)c1. The molecule has 2 heterocycles. The lowest BCUT2D eigenvalue weighted by atomic mass is 9.95. The summed E-state index contributed by atoms with van der Waals surface area (Å²) in [5, 5.41) is 18.6. The molecule has 0 atom stereocenters. The molecule has 3 rings (SSSR count). The van der Waals surface area contributed by atoms with Crippen molar-refractivity contribution in [2.24, 2.45) is 0 Å². The van der Waals surface area contributed by atoms with E-state index < -0.39 is 11.4 Å². The summed E-state index contributed by atoms with van der Waals surface area (Å²) in [5.74, 6) is -0.566. The van der Waals surface area contributed by atoms with Crippen LogP contribution >= 0.6 is 0 Å². The second-order valence-electron chi connectivity index (χ2n) is 6.36. The number of hydrogen-bond acceptors (Lipinski definition) is 5. The summed E-state index contributed by atoms with van der Waals surface area (Å²) < 4.78 is 14.7. The highest BCUT2D eigenvalue weighted by Gasteiger charge is 2.20. The van der Waals surface area contributed by atoms with E-state index in [0.29, 0.717) is 12.1 Å². The number of piperidine rings is 1. The highest BCUT2D eigenvalue weighted by Crippen LogP contribution is 2.29. The summed E-state index contributed by atoms with van der Waals surface area (Å²) in [6, 6.07) is 8.19. The van der Waals surface area contributed by atoms with Crippen LogP contribution in [-0.2, 0) is 6.54 Å². The summed E-state index contributed by atoms with van der Waals surface area (Å²) in [6.07, 6.45) is 3.43. The van der Waals surface area contributed by atoms with Gasteiger partial charge in [0.15, 0.2) is 0 Å². The number of rotatable bonds is 3. The van der Waals surface area contributed by atoms with Crippen LogP contribution in [-0.4, -0.2) is 23.0 Å². The Hall–Kier alpha value is -3.16. The molecule has 1 aromatic carbocycles. The molecule has 1 aliphatic heterocycles. The van der Waals surface area contributed by atoms with E-state index in [1.54, 1.807) is 18.2 Å². The van der Waals surface area contributed by atoms with E-state index in [1.807, 2.05) is 6.07 Å². The van der Waals surface area contributed by atoms with Crippen molar-refractivity contribution in [1.82, 2.24) is 9.88 Å². The fourth-order valence-corrected chi connectivity index (χ4v) is 3.32. The van der Waals surface area contributed by atoms with Crippen molar-refractivity contribution >= 4 is 5.82 Å². The van der Waals surface area contributed by atoms with E-state index in [-0.39, 0.29) is 28.1 Å². The smallest absolute Gasteiger partial charge is 0.268 e. The molecular weight excluding hydrogens is 333 g/mol. The van der Waals surface area contributed by atoms with Crippen molar-refractivity contribution in [2.45, 2.75) is 25.8 Å². The van der Waals surface area contributed by atoms with Gasteiger partial charge >= 0.3 is 0 Å². The maximum absolute atomic E-state index is 14.7. The Morgan fingerprint density at radius 1 is 1.15 bits per heavy atom. The zero-order valence-electron chi connectivity index (χ0n) is 14.2. The molecule has 1 fully saturated rings. The third kappa shape index (κ3) is 3.30. The Balaban J connectivity index is 2.04. The fraction of sp³-hybridized carbons (Fsp3) is 0.316. The molecule has 0 amide bonds. The van der Waals surface area contributed by atoms with Crippen LogP contribution in [0.3, 0.4) is 0 Å². The first-order valence-electron chi connectivity index (χ1n) is 8.42. The molecule has 2 aromatic rings. The number of aromatic amines is 1. The number of anilines is 1. The van der Waals surface area contributed by atoms with Gasteiger partial charge in [0.25, 0.3) is 5.56 Å². The second-order valence-corrected chi connectivity index (χ2v) is 6.36. The monoisotopic (exact) mass is 351 g/mol. The number of H-pyrrole nitrogens is 1. The Morgan fingerprint density at radius 3 is 2.46 bits per heavy atom. The van der Waals surface area contributed by atoms with Gasteiger partial charge in [-0.3, -0.25) is 9.69 Å². The first-order valence-corrected chi connectivity index (χ1v) is 8.42. The molecule has 0 unspecified atom stereocenters. The molecule has 0 aliphatic carbocycles. The molecule has 0 saturated carbocycles. The van der Waals surface area contributed by atoms with Gasteiger partial charge in [-0.1, -0.05) is 18.6 Å². The number of halogens is 1. The van der Waals surface area contributed by atoms with Crippen LogP contribution in [0.5, 0.6) is 0 Å². The average molecular weight is 351 g/mol. The van der Waals surface area contributed by atoms with Crippen molar-refractivity contribution in [3.05, 3.63) is 51.1 Å². The Morgan fingerprint density at radius 2 is 1.85 bits per heavy atom. The second kappa shape index (κ2) is 7.38. The van der Waals surface area contributed by atoms with Gasteiger partial charge in [0, 0.05) is 17.7 Å². The number of nitriles is 2. The number of aromatic nitrogens is 1. The van der Waals surface area contributed by atoms with Crippen LogP contribution in [0.2, 0.25) is 0 Å². The number of hydrogen-bond donors (Lipinski definition) is 2. The van der Waals surface area contributed by atoms with Gasteiger partial charge in [0.1, 0.15) is 34.9 Å². The molecular formula is C19H18FN5O. The predicted octanol–water partition coefficient (Wildman–Crippen LogP) is 2.49. The summed E-state index contributed by atoms with van der Waals surface area (Å²) >= 11 is 0. The zero-order valence-corrected chi connectivity index (χ0v) is 14.2. The molecule has 6 nitrogen and oxygen atoms in total. The minimum Gasteiger partial charge on any atom is -0.384 e. The number of nitrogens with zero attached hydrogens (tertiary/aromatic N) is 3.